The van der Waals surface area contributed by atoms with Gasteiger partial charge in [0.1, 0.15) is 0 Å². The molecular weight excluding hydrogens is 288 g/mol. The van der Waals surface area contributed by atoms with Crippen LogP contribution in [0.5, 0.6) is 0 Å². The van der Waals surface area contributed by atoms with Crippen molar-refractivity contribution in [2.45, 2.75) is 24.3 Å². The minimum Gasteiger partial charge on any atom is -0.385 e. The number of sulfonamides is 1. The molecule has 2 aromatic rings. The Bertz CT molecular complexity index is 732. The highest BCUT2D eigenvalue weighted by Crippen LogP contribution is 2.25. The van der Waals surface area contributed by atoms with E-state index in [-0.39, 0.29) is 11.4 Å². The number of aromatic nitrogens is 2. The molecule has 0 aliphatic carbocycles. The second-order valence-electron chi connectivity index (χ2n) is 4.89. The van der Waals surface area contributed by atoms with Gasteiger partial charge in [-0.2, -0.15) is 10.2 Å². The van der Waals surface area contributed by atoms with Gasteiger partial charge in [-0.15, -0.1) is 0 Å². The number of nitrogens with one attached hydrogen (secondary N) is 2. The molecule has 110 valence electrons. The number of hydrogen-bond donors (Lipinski definition) is 2. The van der Waals surface area contributed by atoms with Crippen molar-refractivity contribution in [1.82, 2.24) is 14.9 Å². The van der Waals surface area contributed by atoms with E-state index in [0.717, 1.165) is 30.6 Å². The smallest absolute Gasteiger partial charge is 0.240 e. The predicted octanol–water partition coefficient (Wildman–Crippen LogP) is 1.31. The lowest BCUT2D eigenvalue weighted by Crippen LogP contribution is -2.24. The fourth-order valence-corrected chi connectivity index (χ4v) is 3.31. The number of rotatable bonds is 4. The minimum absolute atomic E-state index is 0.126. The van der Waals surface area contributed by atoms with Gasteiger partial charge < -0.3 is 5.32 Å². The molecular formula is C14H16N4O2S. The summed E-state index contributed by atoms with van der Waals surface area (Å²) >= 11 is 0. The lowest BCUT2D eigenvalue weighted by molar-refractivity contribution is 0.580. The van der Waals surface area contributed by atoms with Crippen LogP contribution in [-0.4, -0.2) is 25.2 Å². The van der Waals surface area contributed by atoms with Gasteiger partial charge in [-0.05, 0) is 42.7 Å². The van der Waals surface area contributed by atoms with Crippen LogP contribution in [0.1, 0.15) is 17.7 Å². The van der Waals surface area contributed by atoms with Gasteiger partial charge in [-0.3, -0.25) is 0 Å². The van der Waals surface area contributed by atoms with Crippen LogP contribution in [0.3, 0.4) is 0 Å². The molecule has 0 saturated heterocycles. The zero-order valence-corrected chi connectivity index (χ0v) is 12.2. The predicted molar refractivity (Wildman–Crippen MR) is 79.3 cm³/mol. The maximum Gasteiger partial charge on any atom is 0.240 e. The quantitative estimate of drug-likeness (QED) is 0.890. The molecule has 3 rings (SSSR count). The third kappa shape index (κ3) is 3.20. The lowest BCUT2D eigenvalue weighted by Gasteiger charge is -2.18. The molecule has 0 radical (unpaired) electrons. The van der Waals surface area contributed by atoms with E-state index in [1.165, 1.54) is 0 Å². The fraction of sp³-hybridized carbons (Fsp3) is 0.286. The van der Waals surface area contributed by atoms with Crippen LogP contribution in [0.4, 0.5) is 5.69 Å². The highest BCUT2D eigenvalue weighted by molar-refractivity contribution is 7.89. The van der Waals surface area contributed by atoms with E-state index < -0.39 is 10.0 Å². The van der Waals surface area contributed by atoms with Crippen molar-refractivity contribution in [2.75, 3.05) is 11.9 Å². The zero-order chi connectivity index (χ0) is 14.7. The Balaban J connectivity index is 1.78. The summed E-state index contributed by atoms with van der Waals surface area (Å²) in [6.07, 6.45) is 3.60. The molecule has 0 spiro atoms. The van der Waals surface area contributed by atoms with Crippen molar-refractivity contribution in [3.63, 3.8) is 0 Å². The van der Waals surface area contributed by atoms with Gasteiger partial charge in [0.25, 0.3) is 0 Å². The average Bonchev–Trinajstić information content (AvgIpc) is 2.53. The zero-order valence-electron chi connectivity index (χ0n) is 11.4. The highest BCUT2D eigenvalue weighted by Gasteiger charge is 2.17. The van der Waals surface area contributed by atoms with Crippen LogP contribution in [0.25, 0.3) is 0 Å². The Labute approximate surface area is 123 Å². The molecule has 0 fully saturated rings. The SMILES string of the molecule is O=S(=O)(NCc1cccnn1)c1ccc2c(c1)NCCC2. The molecule has 1 aromatic carbocycles. The van der Waals surface area contributed by atoms with Crippen molar-refractivity contribution in [2.24, 2.45) is 0 Å². The van der Waals surface area contributed by atoms with Crippen LogP contribution >= 0.6 is 0 Å². The van der Waals surface area contributed by atoms with Crippen molar-refractivity contribution in [3.05, 3.63) is 47.8 Å². The summed E-state index contributed by atoms with van der Waals surface area (Å²) in [4.78, 5) is 0.263. The third-order valence-corrected chi connectivity index (χ3v) is 4.80. The van der Waals surface area contributed by atoms with Crippen LogP contribution < -0.4 is 10.0 Å². The molecule has 7 heteroatoms. The van der Waals surface area contributed by atoms with Crippen molar-refractivity contribution < 1.29 is 8.42 Å². The van der Waals surface area contributed by atoms with E-state index in [9.17, 15) is 8.42 Å². The summed E-state index contributed by atoms with van der Waals surface area (Å²) in [7, 11) is -3.55. The maximum absolute atomic E-state index is 12.3. The number of benzene rings is 1. The molecule has 0 amide bonds. The molecule has 6 nitrogen and oxygen atoms in total. The largest absolute Gasteiger partial charge is 0.385 e. The molecule has 21 heavy (non-hydrogen) atoms. The standard InChI is InChI=1S/C14H16N4O2S/c19-21(20,17-10-12-4-2-8-16-18-12)13-6-5-11-3-1-7-15-14(11)9-13/h2,4-6,8-9,15,17H,1,3,7,10H2. The Hall–Kier alpha value is -1.99. The van der Waals surface area contributed by atoms with Crippen LogP contribution in [0.2, 0.25) is 0 Å². The first-order chi connectivity index (χ1) is 10.1. The third-order valence-electron chi connectivity index (χ3n) is 3.40. The second-order valence-corrected chi connectivity index (χ2v) is 6.66. The van der Waals surface area contributed by atoms with Gasteiger partial charge in [0.05, 0.1) is 17.1 Å². The average molecular weight is 304 g/mol. The van der Waals surface area contributed by atoms with Gasteiger partial charge >= 0.3 is 0 Å². The molecule has 1 aliphatic heterocycles. The number of aryl methyl sites for hydroxylation is 1. The Morgan fingerprint density at radius 1 is 1.29 bits per heavy atom. The van der Waals surface area contributed by atoms with Gasteiger partial charge in [0, 0.05) is 18.4 Å². The summed E-state index contributed by atoms with van der Waals surface area (Å²) in [5.41, 5.74) is 2.65. The number of nitrogens with zero attached hydrogens (tertiary/aromatic N) is 2. The van der Waals surface area contributed by atoms with E-state index in [1.807, 2.05) is 6.07 Å². The molecule has 1 aromatic heterocycles. The Morgan fingerprint density at radius 2 is 2.19 bits per heavy atom. The first kappa shape index (κ1) is 14.0. The van der Waals surface area contributed by atoms with E-state index in [1.54, 1.807) is 30.5 Å². The molecule has 0 unspecified atom stereocenters. The Kier molecular flexibility index (Phi) is 3.85. The molecule has 2 heterocycles. The maximum atomic E-state index is 12.3. The topological polar surface area (TPSA) is 84.0 Å². The second kappa shape index (κ2) is 5.79. The summed E-state index contributed by atoms with van der Waals surface area (Å²) < 4.78 is 27.1. The Morgan fingerprint density at radius 3 is 3.00 bits per heavy atom. The lowest BCUT2D eigenvalue weighted by atomic mass is 10.0. The van der Waals surface area contributed by atoms with Crippen LogP contribution in [0.15, 0.2) is 41.4 Å². The van der Waals surface area contributed by atoms with Gasteiger partial charge in [0.15, 0.2) is 0 Å². The summed E-state index contributed by atoms with van der Waals surface area (Å²) in [6.45, 7) is 1.00. The van der Waals surface area contributed by atoms with E-state index in [4.69, 9.17) is 0 Å². The molecule has 1 aliphatic rings. The molecule has 2 N–H and O–H groups in total. The molecule has 0 bridgehead atoms. The van der Waals surface area contributed by atoms with Gasteiger partial charge in [-0.25, -0.2) is 13.1 Å². The van der Waals surface area contributed by atoms with Crippen LogP contribution in [-0.2, 0) is 23.0 Å². The van der Waals surface area contributed by atoms with E-state index in [0.29, 0.717) is 5.69 Å². The van der Waals surface area contributed by atoms with Crippen molar-refractivity contribution in [3.8, 4) is 0 Å². The van der Waals surface area contributed by atoms with Crippen LogP contribution in [0, 0.1) is 0 Å². The number of hydrogen-bond acceptors (Lipinski definition) is 5. The highest BCUT2D eigenvalue weighted by atomic mass is 32.2. The summed E-state index contributed by atoms with van der Waals surface area (Å²) in [5.74, 6) is 0. The monoisotopic (exact) mass is 304 g/mol. The normalized spacial score (nSPS) is 14.3. The summed E-state index contributed by atoms with van der Waals surface area (Å²) in [5, 5.41) is 10.8. The summed E-state index contributed by atoms with van der Waals surface area (Å²) in [6, 6.07) is 8.65. The first-order valence-electron chi connectivity index (χ1n) is 6.78. The fourth-order valence-electron chi connectivity index (χ4n) is 2.29. The van der Waals surface area contributed by atoms with Gasteiger partial charge in [-0.1, -0.05) is 6.07 Å². The van der Waals surface area contributed by atoms with E-state index >= 15 is 0 Å². The number of anilines is 1. The van der Waals surface area contributed by atoms with Gasteiger partial charge in [0.2, 0.25) is 10.0 Å². The van der Waals surface area contributed by atoms with Crippen molar-refractivity contribution in [1.29, 1.82) is 0 Å². The minimum atomic E-state index is -3.55. The van der Waals surface area contributed by atoms with Crippen molar-refractivity contribution >= 4 is 15.7 Å². The molecule has 0 atom stereocenters. The van der Waals surface area contributed by atoms with E-state index in [2.05, 4.69) is 20.2 Å². The number of fused-ring (bicyclic) bond motifs is 1. The first-order valence-corrected chi connectivity index (χ1v) is 8.26. The molecule has 0 saturated carbocycles.